The van der Waals surface area contributed by atoms with Gasteiger partial charge < -0.3 is 9.88 Å². The third-order valence-electron chi connectivity index (χ3n) is 4.67. The van der Waals surface area contributed by atoms with Gasteiger partial charge in [0.15, 0.2) is 11.0 Å². The smallest absolute Gasteiger partial charge is 0.325 e. The zero-order valence-corrected chi connectivity index (χ0v) is 19.0. The predicted molar refractivity (Wildman–Crippen MR) is 119 cm³/mol. The van der Waals surface area contributed by atoms with Crippen LogP contribution in [0.3, 0.4) is 0 Å². The summed E-state index contributed by atoms with van der Waals surface area (Å²) in [6.07, 6.45) is -2.69. The molecule has 0 aliphatic carbocycles. The maximum absolute atomic E-state index is 12.9. The maximum Gasteiger partial charge on any atom is 0.416 e. The third-order valence-corrected chi connectivity index (χ3v) is 6.59. The average Bonchev–Trinajstić information content (AvgIpc) is 3.28. The first kappa shape index (κ1) is 23.3. The number of aryl methyl sites for hydroxylation is 1. The Morgan fingerprint density at radius 3 is 2.71 bits per heavy atom. The first-order valence-corrected chi connectivity index (χ1v) is 11.7. The Balaban J connectivity index is 1.73. The summed E-state index contributed by atoms with van der Waals surface area (Å²) in [4.78, 5) is 13.6. The van der Waals surface area contributed by atoms with E-state index in [1.54, 1.807) is 11.3 Å². The van der Waals surface area contributed by atoms with E-state index in [-0.39, 0.29) is 11.4 Å². The van der Waals surface area contributed by atoms with Gasteiger partial charge in [-0.05, 0) is 43.5 Å². The minimum Gasteiger partial charge on any atom is -0.325 e. The lowest BCUT2D eigenvalue weighted by molar-refractivity contribution is -0.137. The molecule has 0 saturated carbocycles. The van der Waals surface area contributed by atoms with Crippen LogP contribution in [0.1, 0.15) is 36.3 Å². The molecule has 0 unspecified atom stereocenters. The summed E-state index contributed by atoms with van der Waals surface area (Å²) >= 11 is 2.90. The van der Waals surface area contributed by atoms with Crippen LogP contribution in [0.5, 0.6) is 0 Å². The summed E-state index contributed by atoms with van der Waals surface area (Å²) in [6, 6.07) is 4.59. The van der Waals surface area contributed by atoms with Gasteiger partial charge in [-0.15, -0.1) is 21.5 Å². The van der Waals surface area contributed by atoms with Crippen LogP contribution in [-0.2, 0) is 23.9 Å². The summed E-state index contributed by atoms with van der Waals surface area (Å²) in [5.41, 5.74) is 1.61. The van der Waals surface area contributed by atoms with Crippen molar-refractivity contribution in [3.63, 3.8) is 0 Å². The third kappa shape index (κ3) is 5.48. The number of hydrogen-bond donors (Lipinski definition) is 1. The maximum atomic E-state index is 12.9. The van der Waals surface area contributed by atoms with Crippen molar-refractivity contribution in [2.45, 2.75) is 51.5 Å². The van der Waals surface area contributed by atoms with E-state index in [9.17, 15) is 18.0 Å². The molecule has 0 aliphatic rings. The van der Waals surface area contributed by atoms with Crippen molar-refractivity contribution < 1.29 is 18.0 Å². The minimum atomic E-state index is -4.46. The van der Waals surface area contributed by atoms with Crippen molar-refractivity contribution in [3.8, 4) is 11.4 Å². The summed E-state index contributed by atoms with van der Waals surface area (Å²) in [5.74, 6) is 0.392. The molecule has 2 heterocycles. The lowest BCUT2D eigenvalue weighted by atomic mass is 10.1. The predicted octanol–water partition coefficient (Wildman–Crippen LogP) is 6.04. The Hall–Kier alpha value is -2.33. The summed E-state index contributed by atoms with van der Waals surface area (Å²) in [5, 5.41) is 13.9. The number of carbonyl (C=O) groups excluding carboxylic acids is 1. The Morgan fingerprint density at radius 1 is 1.26 bits per heavy atom. The molecule has 3 rings (SSSR count). The number of thiophene rings is 1. The van der Waals surface area contributed by atoms with Crippen LogP contribution >= 0.6 is 23.1 Å². The van der Waals surface area contributed by atoms with Crippen LogP contribution in [0.2, 0.25) is 0 Å². The van der Waals surface area contributed by atoms with Crippen LogP contribution in [0.15, 0.2) is 34.8 Å². The molecular weight excluding hydrogens is 445 g/mol. The van der Waals surface area contributed by atoms with Crippen molar-refractivity contribution in [2.75, 3.05) is 11.1 Å². The highest BCUT2D eigenvalue weighted by molar-refractivity contribution is 7.99. The molecule has 0 atom stereocenters. The van der Waals surface area contributed by atoms with E-state index in [1.165, 1.54) is 34.3 Å². The molecule has 5 nitrogen and oxygen atoms in total. The zero-order chi connectivity index (χ0) is 22.6. The Morgan fingerprint density at radius 2 is 2.03 bits per heavy atom. The number of carbonyl (C=O) groups is 1. The van der Waals surface area contributed by atoms with E-state index in [4.69, 9.17) is 0 Å². The number of halogens is 3. The van der Waals surface area contributed by atoms with Gasteiger partial charge in [0.05, 0.1) is 11.3 Å². The van der Waals surface area contributed by atoms with Crippen molar-refractivity contribution >= 4 is 34.7 Å². The van der Waals surface area contributed by atoms with Gasteiger partial charge in [-0.25, -0.2) is 0 Å². The lowest BCUT2D eigenvalue weighted by Crippen LogP contribution is -2.15. The molecule has 0 fully saturated rings. The van der Waals surface area contributed by atoms with Crippen molar-refractivity contribution in [3.05, 3.63) is 45.6 Å². The number of benzene rings is 1. The SMILES string of the molecule is CCCn1c(SCC(=O)Nc2cccc(C(F)(F)F)c2)nnc1-c1csc(C)c1CC. The Labute approximate surface area is 187 Å². The van der Waals surface area contributed by atoms with Gasteiger partial charge >= 0.3 is 6.18 Å². The number of amides is 1. The molecule has 0 bridgehead atoms. The van der Waals surface area contributed by atoms with Crippen molar-refractivity contribution in [1.82, 2.24) is 14.8 Å². The molecule has 2 aromatic heterocycles. The summed E-state index contributed by atoms with van der Waals surface area (Å²) < 4.78 is 40.6. The molecule has 0 saturated heterocycles. The number of hydrogen-bond acceptors (Lipinski definition) is 5. The number of aromatic nitrogens is 3. The molecule has 166 valence electrons. The second kappa shape index (κ2) is 9.86. The number of thioether (sulfide) groups is 1. The molecule has 0 aliphatic heterocycles. The van der Waals surface area contributed by atoms with Crippen molar-refractivity contribution in [1.29, 1.82) is 0 Å². The van der Waals surface area contributed by atoms with Gasteiger partial charge in [0.1, 0.15) is 0 Å². The zero-order valence-electron chi connectivity index (χ0n) is 17.4. The van der Waals surface area contributed by atoms with E-state index in [1.807, 2.05) is 4.57 Å². The van der Waals surface area contributed by atoms with E-state index >= 15 is 0 Å². The normalized spacial score (nSPS) is 11.7. The summed E-state index contributed by atoms with van der Waals surface area (Å²) in [7, 11) is 0. The van der Waals surface area contributed by atoms with Gasteiger partial charge in [-0.2, -0.15) is 13.2 Å². The number of alkyl halides is 3. The van der Waals surface area contributed by atoms with E-state index < -0.39 is 17.6 Å². The highest BCUT2D eigenvalue weighted by atomic mass is 32.2. The van der Waals surface area contributed by atoms with Crippen LogP contribution in [0.4, 0.5) is 18.9 Å². The molecule has 1 amide bonds. The fraction of sp³-hybridized carbons (Fsp3) is 0.381. The second-order valence-electron chi connectivity index (χ2n) is 6.91. The fourth-order valence-electron chi connectivity index (χ4n) is 3.23. The monoisotopic (exact) mass is 468 g/mol. The van der Waals surface area contributed by atoms with Gasteiger partial charge in [0, 0.05) is 28.1 Å². The largest absolute Gasteiger partial charge is 0.416 e. The van der Waals surface area contributed by atoms with Gasteiger partial charge in [0.25, 0.3) is 0 Å². The Kier molecular flexibility index (Phi) is 7.42. The molecule has 1 N–H and O–H groups in total. The fourth-order valence-corrected chi connectivity index (χ4v) is 4.93. The Bertz CT molecular complexity index is 1060. The molecule has 10 heteroatoms. The standard InChI is InChI=1S/C21H23F3N4OS2/c1-4-9-28-19(17-11-30-13(3)16(17)5-2)26-27-20(28)31-12-18(29)25-15-8-6-7-14(10-15)21(22,23)24/h6-8,10-11H,4-5,9,12H2,1-3H3,(H,25,29). The van der Waals surface area contributed by atoms with E-state index in [0.717, 1.165) is 36.4 Å². The topological polar surface area (TPSA) is 59.8 Å². The van der Waals surface area contributed by atoms with Crippen LogP contribution < -0.4 is 5.32 Å². The second-order valence-corrected chi connectivity index (χ2v) is 8.94. The molecule has 3 aromatic rings. The van der Waals surface area contributed by atoms with E-state index in [0.29, 0.717) is 11.7 Å². The minimum absolute atomic E-state index is 0.0153. The number of nitrogens with one attached hydrogen (secondary N) is 1. The molecule has 0 spiro atoms. The van der Waals surface area contributed by atoms with Gasteiger partial charge in [-0.3, -0.25) is 4.79 Å². The number of anilines is 1. The highest BCUT2D eigenvalue weighted by Gasteiger charge is 2.30. The molecule has 31 heavy (non-hydrogen) atoms. The quantitative estimate of drug-likeness (QED) is 0.410. The number of nitrogens with zero attached hydrogens (tertiary/aromatic N) is 3. The first-order chi connectivity index (χ1) is 14.7. The van der Waals surface area contributed by atoms with Gasteiger partial charge in [-0.1, -0.05) is 31.7 Å². The number of rotatable bonds is 8. The average molecular weight is 469 g/mol. The first-order valence-electron chi connectivity index (χ1n) is 9.85. The highest BCUT2D eigenvalue weighted by Crippen LogP contribution is 2.33. The molecular formula is C21H23F3N4OS2. The van der Waals surface area contributed by atoms with E-state index in [2.05, 4.69) is 41.7 Å². The molecule has 0 radical (unpaired) electrons. The van der Waals surface area contributed by atoms with Crippen molar-refractivity contribution in [2.24, 2.45) is 0 Å². The van der Waals surface area contributed by atoms with Gasteiger partial charge in [0.2, 0.25) is 5.91 Å². The molecule has 1 aromatic carbocycles. The van der Waals surface area contributed by atoms with Crippen LogP contribution in [0, 0.1) is 6.92 Å². The van der Waals surface area contributed by atoms with Crippen LogP contribution in [0.25, 0.3) is 11.4 Å². The summed E-state index contributed by atoms with van der Waals surface area (Å²) in [6.45, 7) is 6.95. The lowest BCUT2D eigenvalue weighted by Gasteiger charge is -2.11. The van der Waals surface area contributed by atoms with Crippen LogP contribution in [-0.4, -0.2) is 26.4 Å².